The molecule has 1 aromatic heterocycles. The normalized spacial score (nSPS) is 14.8. The average Bonchev–Trinajstić information content (AvgIpc) is 2.61. The number of aryl methyl sites for hydroxylation is 1. The van der Waals surface area contributed by atoms with Crippen LogP contribution in [0.3, 0.4) is 0 Å². The molecule has 0 spiro atoms. The van der Waals surface area contributed by atoms with Gasteiger partial charge in [-0.2, -0.15) is 5.26 Å². The zero-order chi connectivity index (χ0) is 17.8. The highest BCUT2D eigenvalue weighted by Gasteiger charge is 2.22. The van der Waals surface area contributed by atoms with Crippen molar-refractivity contribution in [1.82, 2.24) is 19.8 Å². The summed E-state index contributed by atoms with van der Waals surface area (Å²) in [5.74, 6) is 0.278. The lowest BCUT2D eigenvalue weighted by Gasteiger charge is -2.32. The van der Waals surface area contributed by atoms with Gasteiger partial charge in [0.25, 0.3) is 5.91 Å². The monoisotopic (exact) mass is 336 g/mol. The molecule has 0 aliphatic carbocycles. The van der Waals surface area contributed by atoms with E-state index < -0.39 is 0 Å². The summed E-state index contributed by atoms with van der Waals surface area (Å²) in [5, 5.41) is 12.1. The van der Waals surface area contributed by atoms with E-state index in [1.807, 2.05) is 24.9 Å². The summed E-state index contributed by atoms with van der Waals surface area (Å²) in [5.41, 5.74) is 2.36. The van der Waals surface area contributed by atoms with E-state index in [-0.39, 0.29) is 5.91 Å². The summed E-state index contributed by atoms with van der Waals surface area (Å²) in [6.07, 6.45) is 0. The molecule has 2 aromatic rings. The Labute approximate surface area is 146 Å². The number of hydrogen-bond donors (Lipinski definition) is 1. The molecule has 1 saturated heterocycles. The van der Waals surface area contributed by atoms with Gasteiger partial charge in [-0.05, 0) is 38.2 Å². The van der Waals surface area contributed by atoms with Crippen LogP contribution in [0, 0.1) is 18.3 Å². The summed E-state index contributed by atoms with van der Waals surface area (Å²) in [4.78, 5) is 25.4. The van der Waals surface area contributed by atoms with Gasteiger partial charge >= 0.3 is 0 Å². The highest BCUT2D eigenvalue weighted by atomic mass is 16.2. The molecule has 128 valence electrons. The maximum Gasteiger partial charge on any atom is 0.272 e. The van der Waals surface area contributed by atoms with Crippen LogP contribution >= 0.6 is 0 Å². The molecule has 1 aliphatic heterocycles. The Bertz CT molecular complexity index is 821. The molecule has 0 radical (unpaired) electrons. The van der Waals surface area contributed by atoms with Gasteiger partial charge < -0.3 is 15.1 Å². The Morgan fingerprint density at radius 2 is 1.96 bits per heavy atom. The van der Waals surface area contributed by atoms with Crippen molar-refractivity contribution in [2.24, 2.45) is 0 Å². The summed E-state index contributed by atoms with van der Waals surface area (Å²) in [6.45, 7) is 4.96. The molecule has 0 bridgehead atoms. The number of carbonyl (C=O) groups is 1. The van der Waals surface area contributed by atoms with E-state index in [0.29, 0.717) is 41.7 Å². The first kappa shape index (κ1) is 16.9. The fourth-order valence-electron chi connectivity index (χ4n) is 2.70. The van der Waals surface area contributed by atoms with Crippen LogP contribution in [0.2, 0.25) is 0 Å². The third kappa shape index (κ3) is 4.11. The van der Waals surface area contributed by atoms with E-state index in [0.717, 1.165) is 13.1 Å². The first-order valence-electron chi connectivity index (χ1n) is 8.16. The molecule has 1 amide bonds. The smallest absolute Gasteiger partial charge is 0.272 e. The molecule has 0 atom stereocenters. The van der Waals surface area contributed by atoms with Crippen molar-refractivity contribution in [1.29, 1.82) is 5.26 Å². The van der Waals surface area contributed by atoms with Crippen LogP contribution in [0.15, 0.2) is 30.3 Å². The number of carbonyl (C=O) groups excluding carboxylic acids is 1. The zero-order valence-corrected chi connectivity index (χ0v) is 14.4. The van der Waals surface area contributed by atoms with E-state index in [9.17, 15) is 4.79 Å². The van der Waals surface area contributed by atoms with Gasteiger partial charge in [0, 0.05) is 37.6 Å². The van der Waals surface area contributed by atoms with Crippen LogP contribution in [0.4, 0.5) is 11.6 Å². The maximum atomic E-state index is 12.7. The SMILES string of the molecule is Cc1cc(C(=O)N2CCN(C)CC2)nc(Nc2cccc(C#N)c2)n1. The number of anilines is 2. The van der Waals surface area contributed by atoms with Gasteiger partial charge in [-0.3, -0.25) is 4.79 Å². The van der Waals surface area contributed by atoms with Crippen molar-refractivity contribution >= 4 is 17.5 Å². The number of likely N-dealkylation sites (N-methyl/N-ethyl adjacent to an activating group) is 1. The lowest BCUT2D eigenvalue weighted by molar-refractivity contribution is 0.0658. The van der Waals surface area contributed by atoms with Gasteiger partial charge in [0.1, 0.15) is 5.69 Å². The van der Waals surface area contributed by atoms with Crippen LogP contribution in [-0.4, -0.2) is 58.9 Å². The number of benzene rings is 1. The van der Waals surface area contributed by atoms with Crippen molar-refractivity contribution in [3.63, 3.8) is 0 Å². The average molecular weight is 336 g/mol. The second-order valence-electron chi connectivity index (χ2n) is 6.13. The minimum Gasteiger partial charge on any atom is -0.335 e. The third-order valence-corrected chi connectivity index (χ3v) is 4.11. The molecule has 3 rings (SSSR count). The van der Waals surface area contributed by atoms with Crippen LogP contribution < -0.4 is 5.32 Å². The number of nitriles is 1. The molecular formula is C18H20N6O. The topological polar surface area (TPSA) is 85.2 Å². The molecule has 0 unspecified atom stereocenters. The fourth-order valence-corrected chi connectivity index (χ4v) is 2.70. The van der Waals surface area contributed by atoms with Gasteiger partial charge in [-0.15, -0.1) is 0 Å². The van der Waals surface area contributed by atoms with E-state index in [4.69, 9.17) is 5.26 Å². The highest BCUT2D eigenvalue weighted by molar-refractivity contribution is 5.92. The molecule has 0 saturated carbocycles. The van der Waals surface area contributed by atoms with E-state index in [1.54, 1.807) is 24.3 Å². The lowest BCUT2D eigenvalue weighted by atomic mass is 10.2. The van der Waals surface area contributed by atoms with E-state index in [2.05, 4.69) is 26.3 Å². The zero-order valence-electron chi connectivity index (χ0n) is 14.4. The summed E-state index contributed by atoms with van der Waals surface area (Å²) >= 11 is 0. The van der Waals surface area contributed by atoms with Gasteiger partial charge in [0.05, 0.1) is 11.6 Å². The van der Waals surface area contributed by atoms with Gasteiger partial charge in [-0.25, -0.2) is 9.97 Å². The maximum absolute atomic E-state index is 12.7. The Hall–Kier alpha value is -2.98. The van der Waals surface area contributed by atoms with Crippen LogP contribution in [0.5, 0.6) is 0 Å². The van der Waals surface area contributed by atoms with Crippen molar-refractivity contribution < 1.29 is 4.79 Å². The Kier molecular flexibility index (Phi) is 4.91. The molecule has 1 fully saturated rings. The van der Waals surface area contributed by atoms with Crippen molar-refractivity contribution in [3.05, 3.63) is 47.3 Å². The Balaban J connectivity index is 1.80. The predicted molar refractivity (Wildman–Crippen MR) is 94.6 cm³/mol. The first-order valence-corrected chi connectivity index (χ1v) is 8.16. The second kappa shape index (κ2) is 7.28. The highest BCUT2D eigenvalue weighted by Crippen LogP contribution is 2.16. The summed E-state index contributed by atoms with van der Waals surface area (Å²) in [7, 11) is 2.05. The number of aromatic nitrogens is 2. The first-order chi connectivity index (χ1) is 12.0. The Morgan fingerprint density at radius 3 is 2.68 bits per heavy atom. The van der Waals surface area contributed by atoms with Gasteiger partial charge in [0.15, 0.2) is 0 Å². The molecule has 7 heteroatoms. The number of amides is 1. The van der Waals surface area contributed by atoms with Crippen LogP contribution in [0.1, 0.15) is 21.7 Å². The summed E-state index contributed by atoms with van der Waals surface area (Å²) in [6, 6.07) is 10.9. The second-order valence-corrected chi connectivity index (χ2v) is 6.13. The number of piperazine rings is 1. The fraction of sp³-hybridized carbons (Fsp3) is 0.333. The number of hydrogen-bond acceptors (Lipinski definition) is 6. The Morgan fingerprint density at radius 1 is 1.20 bits per heavy atom. The number of nitrogens with zero attached hydrogens (tertiary/aromatic N) is 5. The number of rotatable bonds is 3. The summed E-state index contributed by atoms with van der Waals surface area (Å²) < 4.78 is 0. The molecule has 1 aromatic carbocycles. The van der Waals surface area contributed by atoms with Gasteiger partial charge in [-0.1, -0.05) is 6.07 Å². The van der Waals surface area contributed by atoms with E-state index in [1.165, 1.54) is 0 Å². The van der Waals surface area contributed by atoms with Crippen molar-refractivity contribution in [3.8, 4) is 6.07 Å². The van der Waals surface area contributed by atoms with Crippen molar-refractivity contribution in [2.75, 3.05) is 38.5 Å². The molecular weight excluding hydrogens is 316 g/mol. The number of nitrogens with one attached hydrogen (secondary N) is 1. The molecule has 1 N–H and O–H groups in total. The lowest BCUT2D eigenvalue weighted by Crippen LogP contribution is -2.47. The van der Waals surface area contributed by atoms with Crippen molar-refractivity contribution in [2.45, 2.75) is 6.92 Å². The van der Waals surface area contributed by atoms with Crippen LogP contribution in [-0.2, 0) is 0 Å². The van der Waals surface area contributed by atoms with Gasteiger partial charge in [0.2, 0.25) is 5.95 Å². The molecule has 1 aliphatic rings. The minimum atomic E-state index is -0.0765. The standard InChI is InChI=1S/C18H20N6O/c1-13-10-16(17(25)24-8-6-23(2)7-9-24)22-18(20-13)21-15-5-3-4-14(11-15)12-19/h3-5,10-11H,6-9H2,1-2H3,(H,20,21,22). The van der Waals surface area contributed by atoms with Crippen LogP contribution in [0.25, 0.3) is 0 Å². The quantitative estimate of drug-likeness (QED) is 0.920. The van der Waals surface area contributed by atoms with E-state index >= 15 is 0 Å². The molecule has 25 heavy (non-hydrogen) atoms. The molecule has 7 nitrogen and oxygen atoms in total. The minimum absolute atomic E-state index is 0.0765. The molecule has 2 heterocycles. The largest absolute Gasteiger partial charge is 0.335 e. The third-order valence-electron chi connectivity index (χ3n) is 4.11. The predicted octanol–water partition coefficient (Wildman–Crippen LogP) is 1.79.